The van der Waals surface area contributed by atoms with E-state index in [0.29, 0.717) is 21.5 Å². The molecule has 3 aromatic rings. The van der Waals surface area contributed by atoms with Crippen LogP contribution in [0.15, 0.2) is 49.1 Å². The second-order valence-electron chi connectivity index (χ2n) is 15.8. The quantitative estimate of drug-likeness (QED) is 0.177. The summed E-state index contributed by atoms with van der Waals surface area (Å²) >= 11 is 12.7. The molecule has 0 spiro atoms. The van der Waals surface area contributed by atoms with E-state index in [4.69, 9.17) is 37.4 Å². The van der Waals surface area contributed by atoms with Crippen LogP contribution in [0.4, 0.5) is 30.7 Å². The first kappa shape index (κ1) is 41.4. The fraction of sp³-hybridized carbons (Fsp3) is 0.500. The fourth-order valence-electron chi connectivity index (χ4n) is 5.85. The zero-order valence-electron chi connectivity index (χ0n) is 31.8. The number of carbonyl (C=O) groups excluding carboxylic acids is 4. The van der Waals surface area contributed by atoms with E-state index in [2.05, 4.69) is 27.2 Å². The molecule has 0 aliphatic carbocycles. The van der Waals surface area contributed by atoms with Crippen LogP contribution in [-0.4, -0.2) is 74.9 Å². The molecule has 0 radical (unpaired) electrons. The van der Waals surface area contributed by atoms with E-state index in [1.54, 1.807) is 80.5 Å². The predicted molar refractivity (Wildman–Crippen MR) is 207 cm³/mol. The molecule has 4 amide bonds. The van der Waals surface area contributed by atoms with Gasteiger partial charge < -0.3 is 24.8 Å². The number of hydrogen-bond donors (Lipinski definition) is 2. The second kappa shape index (κ2) is 16.4. The number of carbonyl (C=O) groups is 4. The summed E-state index contributed by atoms with van der Waals surface area (Å²) in [5, 5.41) is 11.3. The van der Waals surface area contributed by atoms with Crippen LogP contribution < -0.4 is 15.5 Å². The van der Waals surface area contributed by atoms with Gasteiger partial charge in [0.05, 0.1) is 21.6 Å². The number of piperidine rings is 1. The van der Waals surface area contributed by atoms with E-state index in [-0.39, 0.29) is 28.5 Å². The van der Waals surface area contributed by atoms with Crippen LogP contribution in [-0.2, 0) is 14.2 Å². The molecule has 4 rings (SSSR count). The number of urea groups is 1. The Kier molecular flexibility index (Phi) is 12.8. The molecular weight excluding hydrogens is 723 g/mol. The molecule has 2 atom stereocenters. The van der Waals surface area contributed by atoms with Crippen LogP contribution >= 0.6 is 23.2 Å². The minimum absolute atomic E-state index is 0.0675. The molecule has 288 valence electrons. The summed E-state index contributed by atoms with van der Waals surface area (Å²) in [7, 11) is 0. The first-order valence-electron chi connectivity index (χ1n) is 17.5. The number of amides is 4. The van der Waals surface area contributed by atoms with Gasteiger partial charge >= 0.3 is 24.3 Å². The average Bonchev–Trinajstić information content (AvgIpc) is 3.38. The van der Waals surface area contributed by atoms with Crippen molar-refractivity contribution in [2.24, 2.45) is 0 Å². The summed E-state index contributed by atoms with van der Waals surface area (Å²) in [6.07, 6.45) is 1.64. The number of aromatic nitrogens is 2. The van der Waals surface area contributed by atoms with E-state index in [9.17, 15) is 19.2 Å². The zero-order valence-corrected chi connectivity index (χ0v) is 33.4. The smallest absolute Gasteiger partial charge is 0.435 e. The topological polar surface area (TPSA) is 144 Å². The van der Waals surface area contributed by atoms with Crippen molar-refractivity contribution >= 4 is 69.9 Å². The van der Waals surface area contributed by atoms with E-state index < -0.39 is 47.2 Å². The number of halogens is 2. The molecule has 1 aliphatic heterocycles. The molecule has 1 aliphatic rings. The highest BCUT2D eigenvalue weighted by atomic mass is 35.5. The standard InChI is InChI=1S/C38H50Cl2N6O7/c1-11-19-44-20-13-12-14-29(44)30(23-15-17-26(39)27(40)21-23)42-32(47)41-24-16-18-28-25(22-24)31(43-46(28)35(50)53-38(8,9)10)45(33(48)51-36(2,3)4)34(49)52-37(5,6)7/h11,15-18,21-22,29-30H,1,12-14,19-20H2,2-10H3,(H2,41,42,47)/t29-,30-/m0/s1. The highest BCUT2D eigenvalue weighted by molar-refractivity contribution is 6.42. The number of imide groups is 1. The molecule has 2 N–H and O–H groups in total. The molecule has 2 heterocycles. The maximum Gasteiger partial charge on any atom is 0.435 e. The van der Waals surface area contributed by atoms with E-state index in [1.807, 2.05) is 12.1 Å². The summed E-state index contributed by atoms with van der Waals surface area (Å²) in [4.78, 5) is 57.5. The lowest BCUT2D eigenvalue weighted by Gasteiger charge is -2.40. The first-order valence-corrected chi connectivity index (χ1v) is 18.2. The SMILES string of the molecule is C=CCN1CCCC[C@H]1[C@@H](NC(=O)Nc1ccc2c(c1)c(N(C(=O)OC(C)(C)C)C(=O)OC(C)(C)C)nn2C(=O)OC(C)(C)C)c1ccc(Cl)c(Cl)c1. The van der Waals surface area contributed by atoms with Crippen LogP contribution in [0.3, 0.4) is 0 Å². The van der Waals surface area contributed by atoms with Crippen molar-refractivity contribution in [3.8, 4) is 0 Å². The van der Waals surface area contributed by atoms with Gasteiger partial charge in [0, 0.05) is 23.7 Å². The molecule has 0 unspecified atom stereocenters. The Morgan fingerprint density at radius 3 is 2.09 bits per heavy atom. The van der Waals surface area contributed by atoms with Gasteiger partial charge in [-0.3, -0.25) is 4.90 Å². The van der Waals surface area contributed by atoms with Crippen LogP contribution in [0.5, 0.6) is 0 Å². The first-order chi connectivity index (χ1) is 24.6. The third-order valence-corrected chi connectivity index (χ3v) is 8.59. The number of benzene rings is 2. The summed E-state index contributed by atoms with van der Waals surface area (Å²) in [5.41, 5.74) is -1.67. The summed E-state index contributed by atoms with van der Waals surface area (Å²) in [6.45, 7) is 20.3. The van der Waals surface area contributed by atoms with Crippen molar-refractivity contribution in [2.75, 3.05) is 23.3 Å². The number of likely N-dealkylation sites (tertiary alicyclic amines) is 1. The van der Waals surface area contributed by atoms with Crippen molar-refractivity contribution in [1.82, 2.24) is 20.0 Å². The van der Waals surface area contributed by atoms with Gasteiger partial charge in [-0.1, -0.05) is 41.8 Å². The second-order valence-corrected chi connectivity index (χ2v) is 16.7. The van der Waals surface area contributed by atoms with Gasteiger partial charge in [0.2, 0.25) is 0 Å². The van der Waals surface area contributed by atoms with Crippen LogP contribution in [0, 0.1) is 0 Å². The van der Waals surface area contributed by atoms with Gasteiger partial charge in [0.1, 0.15) is 16.8 Å². The molecular formula is C38H50Cl2N6O7. The van der Waals surface area contributed by atoms with Crippen molar-refractivity contribution in [1.29, 1.82) is 0 Å². The number of hydrogen-bond acceptors (Lipinski definition) is 9. The van der Waals surface area contributed by atoms with Crippen LogP contribution in [0.2, 0.25) is 10.0 Å². The Labute approximate surface area is 320 Å². The average molecular weight is 774 g/mol. The summed E-state index contributed by atoms with van der Waals surface area (Å²) in [5.74, 6) is -0.269. The van der Waals surface area contributed by atoms with E-state index >= 15 is 0 Å². The third kappa shape index (κ3) is 11.1. The predicted octanol–water partition coefficient (Wildman–Crippen LogP) is 9.71. The van der Waals surface area contributed by atoms with Crippen LogP contribution in [0.25, 0.3) is 10.9 Å². The molecule has 1 saturated heterocycles. The number of nitrogens with one attached hydrogen (secondary N) is 2. The van der Waals surface area contributed by atoms with Gasteiger partial charge in [-0.05, 0) is 118 Å². The number of anilines is 2. The number of ether oxygens (including phenoxy) is 3. The lowest BCUT2D eigenvalue weighted by molar-refractivity contribution is 0.0420. The lowest BCUT2D eigenvalue weighted by atomic mass is 9.90. The largest absolute Gasteiger partial charge is 0.443 e. The zero-order chi connectivity index (χ0) is 39.5. The lowest BCUT2D eigenvalue weighted by Crippen LogP contribution is -2.49. The highest BCUT2D eigenvalue weighted by Gasteiger charge is 2.37. The Morgan fingerprint density at radius 2 is 1.53 bits per heavy atom. The Balaban J connectivity index is 1.79. The Hall–Kier alpha value is -4.33. The van der Waals surface area contributed by atoms with Gasteiger partial charge in [0.15, 0.2) is 5.82 Å². The molecule has 13 nitrogen and oxygen atoms in total. The summed E-state index contributed by atoms with van der Waals surface area (Å²) < 4.78 is 17.7. The monoisotopic (exact) mass is 772 g/mol. The third-order valence-electron chi connectivity index (χ3n) is 7.85. The van der Waals surface area contributed by atoms with Crippen molar-refractivity contribution in [3.05, 3.63) is 64.7 Å². The van der Waals surface area contributed by atoms with Crippen molar-refractivity contribution < 1.29 is 33.4 Å². The van der Waals surface area contributed by atoms with Crippen molar-refractivity contribution in [2.45, 2.75) is 110 Å². The Bertz CT molecular complexity index is 1830. The Morgan fingerprint density at radius 1 is 0.906 bits per heavy atom. The fourth-order valence-corrected chi connectivity index (χ4v) is 6.16. The molecule has 0 saturated carbocycles. The molecule has 15 heteroatoms. The number of nitrogens with zero attached hydrogens (tertiary/aromatic N) is 4. The molecule has 2 aromatic carbocycles. The maximum atomic E-state index is 13.8. The summed E-state index contributed by atoms with van der Waals surface area (Å²) in [6, 6.07) is 8.80. The number of fused-ring (bicyclic) bond motifs is 1. The van der Waals surface area contributed by atoms with Crippen molar-refractivity contribution in [3.63, 3.8) is 0 Å². The molecule has 53 heavy (non-hydrogen) atoms. The molecule has 1 fully saturated rings. The normalized spacial score (nSPS) is 16.0. The minimum Gasteiger partial charge on any atom is -0.443 e. The van der Waals surface area contributed by atoms with Gasteiger partial charge in [0.25, 0.3) is 0 Å². The van der Waals surface area contributed by atoms with Gasteiger partial charge in [-0.15, -0.1) is 11.7 Å². The van der Waals surface area contributed by atoms with E-state index in [1.165, 1.54) is 12.1 Å². The molecule has 0 bridgehead atoms. The minimum atomic E-state index is -1.08. The van der Waals surface area contributed by atoms with E-state index in [0.717, 1.165) is 36.1 Å². The maximum absolute atomic E-state index is 13.8. The van der Waals surface area contributed by atoms with Gasteiger partial charge in [-0.25, -0.2) is 19.2 Å². The van der Waals surface area contributed by atoms with Crippen LogP contribution in [0.1, 0.15) is 93.2 Å². The van der Waals surface area contributed by atoms with Gasteiger partial charge in [-0.2, -0.15) is 9.58 Å². The molecule has 1 aromatic heterocycles. The highest BCUT2D eigenvalue weighted by Crippen LogP contribution is 2.34. The number of rotatable bonds is 7.